The molecule has 0 fully saturated rings. The van der Waals surface area contributed by atoms with Crippen LogP contribution in [0.1, 0.15) is 6.92 Å². The van der Waals surface area contributed by atoms with Gasteiger partial charge >= 0.3 is 6.09 Å². The van der Waals surface area contributed by atoms with E-state index in [-0.39, 0.29) is 6.61 Å². The lowest BCUT2D eigenvalue weighted by molar-refractivity contribution is 0.161. The molecule has 0 aliphatic rings. The summed E-state index contributed by atoms with van der Waals surface area (Å²) in [5.74, 6) is 0.700. The Morgan fingerprint density at radius 2 is 2.18 bits per heavy atom. The number of carbonyl (C=O) groups excluding carboxylic acids is 1. The summed E-state index contributed by atoms with van der Waals surface area (Å²) in [6.07, 6.45) is -0.783. The van der Waals surface area contributed by atoms with Crippen LogP contribution in [0.15, 0.2) is 18.2 Å². The summed E-state index contributed by atoms with van der Waals surface area (Å²) in [4.78, 5) is 10.3. The second-order valence-corrected chi connectivity index (χ2v) is 3.32. The lowest BCUT2D eigenvalue weighted by Gasteiger charge is -2.10. The zero-order valence-corrected chi connectivity index (χ0v) is 9.73. The zero-order chi connectivity index (χ0) is 12.7. The van der Waals surface area contributed by atoms with E-state index in [1.54, 1.807) is 12.1 Å². The van der Waals surface area contributed by atoms with Gasteiger partial charge in [-0.25, -0.2) is 4.79 Å². The minimum Gasteiger partial charge on any atom is -0.494 e. The van der Waals surface area contributed by atoms with E-state index in [0.29, 0.717) is 24.6 Å². The molecule has 17 heavy (non-hydrogen) atoms. The molecule has 0 heterocycles. The monoisotopic (exact) mass is 239 g/mol. The lowest BCUT2D eigenvalue weighted by Crippen LogP contribution is -2.18. The Morgan fingerprint density at radius 1 is 1.41 bits per heavy atom. The van der Waals surface area contributed by atoms with Gasteiger partial charge in [0.2, 0.25) is 0 Å². The Bertz CT molecular complexity index is 382. The highest BCUT2D eigenvalue weighted by Crippen LogP contribution is 2.22. The molecule has 0 spiro atoms. The van der Waals surface area contributed by atoms with Crippen molar-refractivity contribution in [2.75, 3.05) is 30.8 Å². The predicted molar refractivity (Wildman–Crippen MR) is 66.0 cm³/mol. The number of ether oxygens (including phenoxy) is 2. The first-order valence-electron chi connectivity index (χ1n) is 5.31. The SMILES string of the molecule is CCOc1cc(N)cc(NCCOC(N)=O)c1. The van der Waals surface area contributed by atoms with Crippen LogP contribution in [-0.4, -0.2) is 25.9 Å². The summed E-state index contributed by atoms with van der Waals surface area (Å²) >= 11 is 0. The van der Waals surface area contributed by atoms with Crippen LogP contribution < -0.4 is 21.5 Å². The van der Waals surface area contributed by atoms with E-state index < -0.39 is 6.09 Å². The molecule has 94 valence electrons. The standard InChI is InChI=1S/C11H17N3O3/c1-2-16-10-6-8(12)5-9(7-10)14-3-4-17-11(13)15/h5-7,14H,2-4,12H2,1H3,(H2,13,15). The molecule has 5 N–H and O–H groups in total. The second-order valence-electron chi connectivity index (χ2n) is 3.32. The minimum atomic E-state index is -0.783. The first-order chi connectivity index (χ1) is 8.11. The number of rotatable bonds is 6. The molecule has 0 unspecified atom stereocenters. The van der Waals surface area contributed by atoms with Gasteiger partial charge in [-0.2, -0.15) is 0 Å². The Morgan fingerprint density at radius 3 is 2.82 bits per heavy atom. The van der Waals surface area contributed by atoms with Crippen molar-refractivity contribution in [2.24, 2.45) is 5.73 Å². The van der Waals surface area contributed by atoms with Crippen LogP contribution in [0.2, 0.25) is 0 Å². The van der Waals surface area contributed by atoms with Crippen molar-refractivity contribution in [3.63, 3.8) is 0 Å². The average molecular weight is 239 g/mol. The molecule has 6 nitrogen and oxygen atoms in total. The van der Waals surface area contributed by atoms with Gasteiger partial charge in [-0.3, -0.25) is 0 Å². The fourth-order valence-electron chi connectivity index (χ4n) is 1.32. The van der Waals surface area contributed by atoms with Crippen molar-refractivity contribution in [2.45, 2.75) is 6.92 Å². The molecule has 0 aromatic heterocycles. The maximum absolute atomic E-state index is 10.3. The second kappa shape index (κ2) is 6.47. The molecule has 1 aromatic rings. The van der Waals surface area contributed by atoms with Crippen LogP contribution in [0.5, 0.6) is 5.75 Å². The van der Waals surface area contributed by atoms with E-state index in [4.69, 9.17) is 16.2 Å². The summed E-state index contributed by atoms with van der Waals surface area (Å²) in [5.41, 5.74) is 12.0. The molecule has 0 saturated carbocycles. The van der Waals surface area contributed by atoms with Gasteiger partial charge in [-0.15, -0.1) is 0 Å². The van der Waals surface area contributed by atoms with Gasteiger partial charge in [0.15, 0.2) is 0 Å². The summed E-state index contributed by atoms with van der Waals surface area (Å²) in [7, 11) is 0. The minimum absolute atomic E-state index is 0.202. The molecule has 1 rings (SSSR count). The number of nitrogens with one attached hydrogen (secondary N) is 1. The molecule has 1 amide bonds. The average Bonchev–Trinajstić information content (AvgIpc) is 2.24. The maximum atomic E-state index is 10.3. The summed E-state index contributed by atoms with van der Waals surface area (Å²) in [6, 6.07) is 5.34. The van der Waals surface area contributed by atoms with Gasteiger partial charge < -0.3 is 26.3 Å². The van der Waals surface area contributed by atoms with E-state index in [9.17, 15) is 4.79 Å². The van der Waals surface area contributed by atoms with E-state index >= 15 is 0 Å². The number of hydrogen-bond donors (Lipinski definition) is 3. The van der Waals surface area contributed by atoms with E-state index in [2.05, 4.69) is 10.1 Å². The number of nitrogens with two attached hydrogens (primary N) is 2. The largest absolute Gasteiger partial charge is 0.494 e. The molecule has 0 radical (unpaired) electrons. The number of primary amides is 1. The van der Waals surface area contributed by atoms with E-state index in [1.807, 2.05) is 13.0 Å². The maximum Gasteiger partial charge on any atom is 0.404 e. The number of benzene rings is 1. The smallest absolute Gasteiger partial charge is 0.404 e. The third-order valence-electron chi connectivity index (χ3n) is 1.92. The van der Waals surface area contributed by atoms with Crippen LogP contribution >= 0.6 is 0 Å². The number of carbonyl (C=O) groups is 1. The fraction of sp³-hybridized carbons (Fsp3) is 0.364. The highest BCUT2D eigenvalue weighted by molar-refractivity contribution is 5.64. The van der Waals surface area contributed by atoms with Crippen molar-refractivity contribution in [3.8, 4) is 5.75 Å². The molecule has 0 bridgehead atoms. The van der Waals surface area contributed by atoms with Crippen molar-refractivity contribution < 1.29 is 14.3 Å². The summed E-state index contributed by atoms with van der Waals surface area (Å²) < 4.78 is 9.93. The topological polar surface area (TPSA) is 99.6 Å². The molecule has 0 aliphatic heterocycles. The van der Waals surface area contributed by atoms with Gasteiger partial charge in [0.25, 0.3) is 0 Å². The van der Waals surface area contributed by atoms with Crippen LogP contribution in [0.25, 0.3) is 0 Å². The highest BCUT2D eigenvalue weighted by Gasteiger charge is 2.00. The van der Waals surface area contributed by atoms with Crippen molar-refractivity contribution in [1.82, 2.24) is 0 Å². The van der Waals surface area contributed by atoms with Gasteiger partial charge in [0.1, 0.15) is 12.4 Å². The van der Waals surface area contributed by atoms with Gasteiger partial charge in [-0.1, -0.05) is 0 Å². The predicted octanol–water partition coefficient (Wildman–Crippen LogP) is 1.17. The van der Waals surface area contributed by atoms with Crippen LogP contribution in [-0.2, 0) is 4.74 Å². The Labute approximate surface area is 99.9 Å². The first-order valence-corrected chi connectivity index (χ1v) is 5.31. The van der Waals surface area contributed by atoms with Crippen LogP contribution in [0.3, 0.4) is 0 Å². The zero-order valence-electron chi connectivity index (χ0n) is 9.73. The first kappa shape index (κ1) is 13.0. The Kier molecular flexibility index (Phi) is 4.93. The van der Waals surface area contributed by atoms with Gasteiger partial charge in [-0.05, 0) is 13.0 Å². The van der Waals surface area contributed by atoms with Gasteiger partial charge in [0.05, 0.1) is 6.61 Å². The summed E-state index contributed by atoms with van der Waals surface area (Å²) in [6.45, 7) is 3.14. The van der Waals surface area contributed by atoms with Gasteiger partial charge in [0, 0.05) is 30.1 Å². The number of amides is 1. The normalized spacial score (nSPS) is 9.71. The molecule has 0 aliphatic carbocycles. The number of anilines is 2. The molecule has 0 saturated heterocycles. The summed E-state index contributed by atoms with van der Waals surface area (Å²) in [5, 5.41) is 3.05. The molecule has 6 heteroatoms. The third-order valence-corrected chi connectivity index (χ3v) is 1.92. The lowest BCUT2D eigenvalue weighted by atomic mass is 10.2. The third kappa shape index (κ3) is 4.96. The molecular weight excluding hydrogens is 222 g/mol. The fourth-order valence-corrected chi connectivity index (χ4v) is 1.32. The number of hydrogen-bond acceptors (Lipinski definition) is 5. The Balaban J connectivity index is 2.49. The molecule has 1 aromatic carbocycles. The van der Waals surface area contributed by atoms with E-state index in [0.717, 1.165) is 5.69 Å². The molecular formula is C11H17N3O3. The van der Waals surface area contributed by atoms with Crippen molar-refractivity contribution in [3.05, 3.63) is 18.2 Å². The van der Waals surface area contributed by atoms with Crippen molar-refractivity contribution in [1.29, 1.82) is 0 Å². The molecule has 0 atom stereocenters. The highest BCUT2D eigenvalue weighted by atomic mass is 16.5. The Hall–Kier alpha value is -2.11. The van der Waals surface area contributed by atoms with Crippen molar-refractivity contribution >= 4 is 17.5 Å². The van der Waals surface area contributed by atoms with Crippen LogP contribution in [0, 0.1) is 0 Å². The quantitative estimate of drug-likeness (QED) is 0.511. The van der Waals surface area contributed by atoms with E-state index in [1.165, 1.54) is 0 Å². The number of nitrogen functional groups attached to an aromatic ring is 1. The van der Waals surface area contributed by atoms with Crippen LogP contribution in [0.4, 0.5) is 16.2 Å².